The first-order valence-corrected chi connectivity index (χ1v) is 8.73. The highest BCUT2D eigenvalue weighted by atomic mass is 16.6. The molecule has 0 saturated carbocycles. The molecule has 0 aromatic heterocycles. The second-order valence-electron chi connectivity index (χ2n) is 4.57. The van der Waals surface area contributed by atoms with Gasteiger partial charge in [-0.25, -0.2) is 0 Å². The first-order chi connectivity index (χ1) is 12.8. The molecule has 0 fully saturated rings. The van der Waals surface area contributed by atoms with Gasteiger partial charge >= 0.3 is 0 Å². The molecule has 0 saturated heterocycles. The number of aliphatic hydroxyl groups is 4. The lowest BCUT2D eigenvalue weighted by Crippen LogP contribution is -2.13. The van der Waals surface area contributed by atoms with Crippen LogP contribution in [0.1, 0.15) is 0 Å². The summed E-state index contributed by atoms with van der Waals surface area (Å²) >= 11 is 0. The zero-order valence-electron chi connectivity index (χ0n) is 15.6. The highest BCUT2D eigenvalue weighted by Crippen LogP contribution is 1.82. The van der Waals surface area contributed by atoms with Crippen LogP contribution in [0.15, 0.2) is 0 Å². The Bertz CT molecular complexity index is 199. The van der Waals surface area contributed by atoms with Crippen molar-refractivity contribution in [3.05, 3.63) is 0 Å². The minimum Gasteiger partial charge on any atom is -0.394 e. The van der Waals surface area contributed by atoms with E-state index in [2.05, 4.69) is 0 Å². The molecule has 4 N–H and O–H groups in total. The molecule has 0 bridgehead atoms. The summed E-state index contributed by atoms with van der Waals surface area (Å²) in [4.78, 5) is 0. The van der Waals surface area contributed by atoms with Gasteiger partial charge in [0, 0.05) is 0 Å². The third kappa shape index (κ3) is 31.4. The van der Waals surface area contributed by atoms with E-state index >= 15 is 0 Å². The maximum atomic E-state index is 8.41. The lowest BCUT2D eigenvalue weighted by molar-refractivity contribution is -0.00856. The Kier molecular flexibility index (Phi) is 31.4. The van der Waals surface area contributed by atoms with Crippen molar-refractivity contribution in [3.63, 3.8) is 0 Å². The Morgan fingerprint density at radius 3 is 0.577 bits per heavy atom. The van der Waals surface area contributed by atoms with Crippen LogP contribution in [-0.4, -0.2) is 126 Å². The second kappa shape index (κ2) is 29.4. The fraction of sp³-hybridized carbons (Fsp3) is 1.00. The van der Waals surface area contributed by atoms with E-state index in [1.54, 1.807) is 0 Å². The molecular weight excluding hydrogens is 352 g/mol. The molecule has 0 aliphatic rings. The molecule has 160 valence electrons. The SMILES string of the molecule is OCCOCCOCCO.OCCOCCOCCOCCOCCO. The van der Waals surface area contributed by atoms with E-state index in [9.17, 15) is 0 Å². The molecule has 0 amide bonds. The second-order valence-corrected chi connectivity index (χ2v) is 4.57. The largest absolute Gasteiger partial charge is 0.394 e. The van der Waals surface area contributed by atoms with Gasteiger partial charge in [0.25, 0.3) is 0 Å². The molecule has 0 radical (unpaired) electrons. The number of hydrogen-bond acceptors (Lipinski definition) is 10. The molecule has 0 unspecified atom stereocenters. The summed E-state index contributed by atoms with van der Waals surface area (Å²) in [6, 6.07) is 0. The van der Waals surface area contributed by atoms with Crippen LogP contribution in [0.5, 0.6) is 0 Å². The van der Waals surface area contributed by atoms with E-state index in [0.717, 1.165) is 0 Å². The standard InChI is InChI=1S/C10H22O6.C6H14O4/c11-1-3-13-5-7-15-9-10-16-8-6-14-4-2-12;7-1-3-9-5-6-10-4-2-8/h11-12H,1-10H2;7-8H,1-6H2. The number of ether oxygens (including phenoxy) is 6. The van der Waals surface area contributed by atoms with Gasteiger partial charge in [-0.05, 0) is 0 Å². The van der Waals surface area contributed by atoms with Crippen molar-refractivity contribution in [1.82, 2.24) is 0 Å². The fourth-order valence-electron chi connectivity index (χ4n) is 1.34. The lowest BCUT2D eigenvalue weighted by Gasteiger charge is -2.06. The summed E-state index contributed by atoms with van der Waals surface area (Å²) in [5, 5.41) is 33.4. The minimum absolute atomic E-state index is 0.0386. The van der Waals surface area contributed by atoms with Crippen LogP contribution >= 0.6 is 0 Å². The summed E-state index contributed by atoms with van der Waals surface area (Å²) in [7, 11) is 0. The first-order valence-electron chi connectivity index (χ1n) is 8.73. The molecule has 10 heteroatoms. The van der Waals surface area contributed by atoms with Gasteiger partial charge in [-0.2, -0.15) is 0 Å². The Morgan fingerprint density at radius 2 is 0.423 bits per heavy atom. The Morgan fingerprint density at radius 1 is 0.269 bits per heavy atom. The van der Waals surface area contributed by atoms with Crippen LogP contribution in [0.25, 0.3) is 0 Å². The van der Waals surface area contributed by atoms with E-state index in [1.165, 1.54) is 0 Å². The molecule has 0 spiro atoms. The normalized spacial score (nSPS) is 10.6. The van der Waals surface area contributed by atoms with E-state index in [-0.39, 0.29) is 26.4 Å². The number of rotatable bonds is 20. The van der Waals surface area contributed by atoms with Crippen molar-refractivity contribution in [2.75, 3.05) is 106 Å². The molecule has 0 atom stereocenters. The van der Waals surface area contributed by atoms with Gasteiger partial charge in [0.15, 0.2) is 0 Å². The third-order valence-electron chi connectivity index (χ3n) is 2.43. The maximum Gasteiger partial charge on any atom is 0.0701 e. The molecular formula is C16H36O10. The zero-order chi connectivity index (χ0) is 19.6. The van der Waals surface area contributed by atoms with Crippen molar-refractivity contribution >= 4 is 0 Å². The van der Waals surface area contributed by atoms with Crippen molar-refractivity contribution < 1.29 is 48.8 Å². The predicted molar refractivity (Wildman–Crippen MR) is 93.3 cm³/mol. The highest BCUT2D eigenvalue weighted by Gasteiger charge is 1.91. The van der Waals surface area contributed by atoms with Gasteiger partial charge < -0.3 is 48.8 Å². The van der Waals surface area contributed by atoms with Crippen LogP contribution in [0.4, 0.5) is 0 Å². The molecule has 0 aliphatic heterocycles. The van der Waals surface area contributed by atoms with Gasteiger partial charge in [-0.3, -0.25) is 0 Å². The predicted octanol–water partition coefficient (Wildman–Crippen LogP) is -1.96. The van der Waals surface area contributed by atoms with Crippen LogP contribution in [0, 0.1) is 0 Å². The fourth-order valence-corrected chi connectivity index (χ4v) is 1.34. The van der Waals surface area contributed by atoms with E-state index < -0.39 is 0 Å². The third-order valence-corrected chi connectivity index (χ3v) is 2.43. The molecule has 26 heavy (non-hydrogen) atoms. The molecule has 0 aliphatic carbocycles. The van der Waals surface area contributed by atoms with E-state index in [1.807, 2.05) is 0 Å². The zero-order valence-corrected chi connectivity index (χ0v) is 15.6. The van der Waals surface area contributed by atoms with Crippen LogP contribution in [-0.2, 0) is 28.4 Å². The average molecular weight is 388 g/mol. The summed E-state index contributed by atoms with van der Waals surface area (Å²) in [5.41, 5.74) is 0. The van der Waals surface area contributed by atoms with E-state index in [4.69, 9.17) is 48.8 Å². The Balaban J connectivity index is 0. The Labute approximate surface area is 155 Å². The number of hydrogen-bond donors (Lipinski definition) is 4. The minimum atomic E-state index is 0.0386. The summed E-state index contributed by atoms with van der Waals surface area (Å²) < 4.78 is 30.1. The van der Waals surface area contributed by atoms with Crippen molar-refractivity contribution in [2.24, 2.45) is 0 Å². The van der Waals surface area contributed by atoms with Crippen molar-refractivity contribution in [2.45, 2.75) is 0 Å². The van der Waals surface area contributed by atoms with Crippen molar-refractivity contribution in [3.8, 4) is 0 Å². The Hall–Kier alpha value is -0.400. The lowest BCUT2D eigenvalue weighted by atomic mass is 10.7. The van der Waals surface area contributed by atoms with Gasteiger partial charge in [0.1, 0.15) is 0 Å². The molecule has 0 heterocycles. The van der Waals surface area contributed by atoms with Gasteiger partial charge in [-0.1, -0.05) is 0 Å². The molecule has 0 aromatic rings. The van der Waals surface area contributed by atoms with Crippen LogP contribution in [0.2, 0.25) is 0 Å². The first kappa shape index (κ1) is 27.8. The van der Waals surface area contributed by atoms with Crippen molar-refractivity contribution in [1.29, 1.82) is 0 Å². The quantitative estimate of drug-likeness (QED) is 0.174. The summed E-state index contributed by atoms with van der Waals surface area (Å²) in [5.74, 6) is 0. The van der Waals surface area contributed by atoms with Crippen LogP contribution in [0.3, 0.4) is 0 Å². The average Bonchev–Trinajstić information content (AvgIpc) is 2.66. The summed E-state index contributed by atoms with van der Waals surface area (Å²) in [6.07, 6.45) is 0. The van der Waals surface area contributed by atoms with Gasteiger partial charge in [-0.15, -0.1) is 0 Å². The molecule has 10 nitrogen and oxygen atoms in total. The smallest absolute Gasteiger partial charge is 0.0701 e. The monoisotopic (exact) mass is 388 g/mol. The van der Waals surface area contributed by atoms with E-state index in [0.29, 0.717) is 79.3 Å². The highest BCUT2D eigenvalue weighted by molar-refractivity contribution is 4.35. The van der Waals surface area contributed by atoms with Gasteiger partial charge in [0.05, 0.1) is 106 Å². The maximum absolute atomic E-state index is 8.41. The molecule has 0 rings (SSSR count). The van der Waals surface area contributed by atoms with Gasteiger partial charge in [0.2, 0.25) is 0 Å². The topological polar surface area (TPSA) is 136 Å². The number of aliphatic hydroxyl groups excluding tert-OH is 4. The molecule has 0 aromatic carbocycles. The van der Waals surface area contributed by atoms with Crippen LogP contribution < -0.4 is 0 Å². The summed E-state index contributed by atoms with van der Waals surface area (Å²) in [6.45, 7) is 5.52.